The van der Waals surface area contributed by atoms with Crippen LogP contribution in [0.4, 0.5) is 20.3 Å². The summed E-state index contributed by atoms with van der Waals surface area (Å²) in [6, 6.07) is 8.06. The molecule has 2 bridgehead atoms. The lowest BCUT2D eigenvalue weighted by molar-refractivity contribution is -0.134. The van der Waals surface area contributed by atoms with Crippen LogP contribution in [-0.4, -0.2) is 108 Å². The molecular formula is C44H51F2N11O5. The first-order chi connectivity index (χ1) is 30.0. The molecule has 1 spiro atoms. The van der Waals surface area contributed by atoms with Crippen LogP contribution >= 0.6 is 0 Å². The summed E-state index contributed by atoms with van der Waals surface area (Å²) in [6.45, 7) is 4.56. The number of rotatable bonds is 10. The predicted octanol–water partition coefficient (Wildman–Crippen LogP) is 5.56. The second-order valence-corrected chi connectivity index (χ2v) is 18.6. The van der Waals surface area contributed by atoms with Crippen molar-refractivity contribution in [2.24, 2.45) is 18.4 Å². The van der Waals surface area contributed by atoms with Crippen LogP contribution in [0.25, 0.3) is 16.6 Å². The van der Waals surface area contributed by atoms with Crippen LogP contribution in [0.2, 0.25) is 0 Å². The second kappa shape index (κ2) is 15.4. The van der Waals surface area contributed by atoms with Gasteiger partial charge in [0.1, 0.15) is 17.1 Å². The van der Waals surface area contributed by atoms with E-state index in [1.807, 2.05) is 31.3 Å². The number of hydrogen-bond acceptors (Lipinski definition) is 11. The van der Waals surface area contributed by atoms with Gasteiger partial charge < -0.3 is 24.6 Å². The second-order valence-electron chi connectivity index (χ2n) is 18.6. The Balaban J connectivity index is 0.656. The zero-order valence-corrected chi connectivity index (χ0v) is 34.7. The Morgan fingerprint density at radius 3 is 2.63 bits per heavy atom. The molecule has 8 heterocycles. The first-order valence-electron chi connectivity index (χ1n) is 22.2. The van der Waals surface area contributed by atoms with Gasteiger partial charge in [-0.1, -0.05) is 0 Å². The molecule has 11 rings (SSSR count). The third kappa shape index (κ3) is 7.17. The van der Waals surface area contributed by atoms with Crippen molar-refractivity contribution in [3.8, 4) is 5.75 Å². The molecule has 4 aromatic heterocycles. The molecule has 4 saturated heterocycles. The number of halogens is 2. The number of imide groups is 1. The Kier molecular flexibility index (Phi) is 9.77. The average Bonchev–Trinajstić information content (AvgIpc) is 4.11. The minimum Gasteiger partial charge on any atom is -0.490 e. The van der Waals surface area contributed by atoms with Crippen molar-refractivity contribution in [3.05, 3.63) is 59.8 Å². The van der Waals surface area contributed by atoms with Gasteiger partial charge in [0.15, 0.2) is 11.3 Å². The molecule has 3 atom stereocenters. The van der Waals surface area contributed by atoms with Gasteiger partial charge in [-0.2, -0.15) is 15.3 Å². The van der Waals surface area contributed by atoms with Crippen molar-refractivity contribution >= 4 is 45.8 Å². The number of alkyl halides is 2. The zero-order chi connectivity index (χ0) is 42.3. The summed E-state index contributed by atoms with van der Waals surface area (Å²) in [5.74, 6) is 0.571. The van der Waals surface area contributed by atoms with Crippen molar-refractivity contribution in [1.82, 2.24) is 44.4 Å². The third-order valence-corrected chi connectivity index (χ3v) is 14.7. The van der Waals surface area contributed by atoms with Crippen LogP contribution in [-0.2, 0) is 21.4 Å². The summed E-state index contributed by atoms with van der Waals surface area (Å²) >= 11 is 0. The fraction of sp³-hybridized carbons (Fsp3) is 0.568. The Morgan fingerprint density at radius 1 is 1.06 bits per heavy atom. The molecule has 1 unspecified atom stereocenters. The monoisotopic (exact) mass is 851 g/mol. The SMILES string of the molecule is Cn1nc(C2CCC(=O)NC2=O)c2ccc(OC3CC4(CCN(CC5CCC(n6cc(NC(=O)c7cnn8ccc(N9C[C@H]%10C[C@@H]9CO%10)nc78)c(C(F)F)n6)CC5)CC4)C3)cc21. The molecule has 16 nitrogen and oxygen atoms in total. The topological polar surface area (TPSA) is 166 Å². The lowest BCUT2D eigenvalue weighted by Gasteiger charge is -2.52. The standard InChI is InChI=1S/C44H51F2N11O5/c1-53-35-17-28(6-7-31(35)38(51-53)32-8-9-37(58)50-42(32)59)62-30-18-44(19-30)11-14-54(15-12-44)21-25-2-4-26(5-3-25)57-23-34(39(52-57)40(45)46)48-43(60)33-20-47-56-13-10-36(49-41(33)56)55-22-29-16-27(55)24-61-29/h6-7,10,13,17,20,23,25-27,29-30,32,40H,2-5,8-9,11-12,14-16,18-19,21-22,24H2,1H3,(H,48,60)(H,50,58,59)/t25?,26?,27-,29-,32?/m1/s1. The Morgan fingerprint density at radius 2 is 1.89 bits per heavy atom. The molecule has 5 aromatic rings. The van der Waals surface area contributed by atoms with E-state index in [2.05, 4.69) is 35.7 Å². The molecule has 6 aliphatic rings. The number of aromatic nitrogens is 7. The van der Waals surface area contributed by atoms with E-state index in [9.17, 15) is 23.2 Å². The molecule has 2 saturated carbocycles. The number of nitrogens with zero attached hydrogens (tertiary/aromatic N) is 9. The maximum atomic E-state index is 14.3. The van der Waals surface area contributed by atoms with Gasteiger partial charge >= 0.3 is 0 Å². The van der Waals surface area contributed by atoms with Gasteiger partial charge in [0.2, 0.25) is 11.8 Å². The molecule has 1 aromatic carbocycles. The average molecular weight is 852 g/mol. The molecule has 2 aliphatic carbocycles. The first-order valence-corrected chi connectivity index (χ1v) is 22.2. The summed E-state index contributed by atoms with van der Waals surface area (Å²) in [5.41, 5.74) is 2.08. The van der Waals surface area contributed by atoms with Gasteiger partial charge in [-0.15, -0.1) is 0 Å². The number of benzene rings is 1. The lowest BCUT2D eigenvalue weighted by Crippen LogP contribution is -2.51. The van der Waals surface area contributed by atoms with E-state index in [-0.39, 0.29) is 47.4 Å². The first kappa shape index (κ1) is 39.4. The summed E-state index contributed by atoms with van der Waals surface area (Å²) in [5, 5.41) is 19.3. The zero-order valence-electron chi connectivity index (χ0n) is 34.7. The van der Waals surface area contributed by atoms with E-state index in [4.69, 9.17) is 14.5 Å². The van der Waals surface area contributed by atoms with Crippen molar-refractivity contribution in [1.29, 1.82) is 0 Å². The predicted molar refractivity (Wildman–Crippen MR) is 222 cm³/mol. The van der Waals surface area contributed by atoms with E-state index >= 15 is 0 Å². The maximum Gasteiger partial charge on any atom is 0.284 e. The molecule has 0 radical (unpaired) electrons. The number of piperidine rings is 2. The van der Waals surface area contributed by atoms with Crippen LogP contribution in [0.3, 0.4) is 0 Å². The molecule has 326 valence electrons. The van der Waals surface area contributed by atoms with Crippen LogP contribution in [0, 0.1) is 11.3 Å². The van der Waals surface area contributed by atoms with E-state index in [0.717, 1.165) is 106 Å². The number of amides is 3. The highest BCUT2D eigenvalue weighted by molar-refractivity contribution is 6.08. The fourth-order valence-electron chi connectivity index (χ4n) is 11.2. The number of anilines is 2. The molecule has 62 heavy (non-hydrogen) atoms. The Labute approximate surface area is 356 Å². The van der Waals surface area contributed by atoms with Crippen LogP contribution in [0.15, 0.2) is 42.9 Å². The highest BCUT2D eigenvalue weighted by Gasteiger charge is 2.47. The fourth-order valence-corrected chi connectivity index (χ4v) is 11.2. The molecule has 6 fully saturated rings. The molecule has 18 heteroatoms. The maximum absolute atomic E-state index is 14.3. The number of fused-ring (bicyclic) bond motifs is 4. The minimum absolute atomic E-state index is 0.0117. The quantitative estimate of drug-likeness (QED) is 0.169. The van der Waals surface area contributed by atoms with Crippen LogP contribution < -0.4 is 20.3 Å². The van der Waals surface area contributed by atoms with Gasteiger partial charge in [-0.3, -0.25) is 29.1 Å². The lowest BCUT2D eigenvalue weighted by atomic mass is 9.61. The number of nitrogens with one attached hydrogen (secondary N) is 2. The highest BCUT2D eigenvalue weighted by atomic mass is 19.3. The van der Waals surface area contributed by atoms with E-state index in [1.165, 1.54) is 10.7 Å². The molecule has 4 aliphatic heterocycles. The summed E-state index contributed by atoms with van der Waals surface area (Å²) < 4.78 is 45.8. The molecule has 3 amide bonds. The van der Waals surface area contributed by atoms with Gasteiger partial charge in [0.05, 0.1) is 59.9 Å². The minimum atomic E-state index is -2.85. The van der Waals surface area contributed by atoms with Crippen molar-refractivity contribution in [2.45, 2.75) is 107 Å². The summed E-state index contributed by atoms with van der Waals surface area (Å²) in [6.07, 6.45) is 12.0. The number of aryl methyl sites for hydroxylation is 1. The van der Waals surface area contributed by atoms with Crippen molar-refractivity contribution in [2.75, 3.05) is 43.0 Å². The smallest absolute Gasteiger partial charge is 0.284 e. The number of likely N-dealkylation sites (tertiary alicyclic amines) is 1. The molecule has 2 N–H and O–H groups in total. The Hall–Kier alpha value is -5.49. The van der Waals surface area contributed by atoms with E-state index < -0.39 is 23.9 Å². The van der Waals surface area contributed by atoms with Crippen molar-refractivity contribution in [3.63, 3.8) is 0 Å². The molecular weight excluding hydrogens is 801 g/mol. The van der Waals surface area contributed by atoms with Gasteiger partial charge in [-0.25, -0.2) is 18.3 Å². The largest absolute Gasteiger partial charge is 0.490 e. The van der Waals surface area contributed by atoms with Crippen LogP contribution in [0.5, 0.6) is 5.75 Å². The normalized spacial score (nSPS) is 26.5. The van der Waals surface area contributed by atoms with E-state index in [1.54, 1.807) is 21.8 Å². The number of ether oxygens (including phenoxy) is 2. The van der Waals surface area contributed by atoms with Gasteiger partial charge in [-0.05, 0) is 107 Å². The highest BCUT2D eigenvalue weighted by Crippen LogP contribution is 2.51. The number of hydrogen-bond donors (Lipinski definition) is 2. The van der Waals surface area contributed by atoms with E-state index in [0.29, 0.717) is 42.1 Å². The van der Waals surface area contributed by atoms with Crippen molar-refractivity contribution < 1.29 is 32.6 Å². The summed E-state index contributed by atoms with van der Waals surface area (Å²) in [7, 11) is 1.87. The third-order valence-electron chi connectivity index (χ3n) is 14.7. The number of morpholine rings is 1. The number of carbonyl (C=O) groups excluding carboxylic acids is 3. The Bertz CT molecular complexity index is 2550. The summed E-state index contributed by atoms with van der Waals surface area (Å²) in [4.78, 5) is 47.3. The van der Waals surface area contributed by atoms with Gasteiger partial charge in [0.25, 0.3) is 12.3 Å². The van der Waals surface area contributed by atoms with Gasteiger partial charge in [0, 0.05) is 50.4 Å². The number of carbonyl (C=O) groups is 3. The van der Waals surface area contributed by atoms with Crippen LogP contribution in [0.1, 0.15) is 111 Å².